The number of hydrogen-bond donors (Lipinski definition) is 2. The molecule has 3 rings (SSSR count). The van der Waals surface area contributed by atoms with Gasteiger partial charge in [-0.15, -0.1) is 0 Å². The molecular formula is C17H19FN2O5. The molecule has 1 aliphatic rings. The highest BCUT2D eigenvalue weighted by molar-refractivity contribution is 5.96. The molecule has 0 radical (unpaired) electrons. The highest BCUT2D eigenvalue weighted by Gasteiger charge is 2.28. The highest BCUT2D eigenvalue weighted by Crippen LogP contribution is 2.37. The van der Waals surface area contributed by atoms with Crippen LogP contribution >= 0.6 is 0 Å². The number of rotatable bonds is 3. The summed E-state index contributed by atoms with van der Waals surface area (Å²) in [4.78, 5) is 25.5. The standard InChI is InChI=1S/C17H19FN2O5/c1-9-7-19(6-5-13(9)21)12-4-3-10-14(16(12)25-2)20(18)8-11(15(10)22)17(23)24/h3-4,8-9,13,21H,5-7H2,1-2H3,(H,23,24). The number of nitrogens with zero attached hydrogens (tertiary/aromatic N) is 2. The van der Waals surface area contributed by atoms with Gasteiger partial charge in [-0.25, -0.2) is 4.79 Å². The van der Waals surface area contributed by atoms with Crippen LogP contribution in [-0.4, -0.2) is 47.3 Å². The predicted molar refractivity (Wildman–Crippen MR) is 90.2 cm³/mol. The van der Waals surface area contributed by atoms with Crippen LogP contribution < -0.4 is 15.1 Å². The van der Waals surface area contributed by atoms with Crippen LogP contribution in [0.25, 0.3) is 10.9 Å². The number of pyridine rings is 1. The number of methoxy groups -OCH3 is 1. The number of aromatic nitrogens is 1. The van der Waals surface area contributed by atoms with Gasteiger partial charge in [-0.3, -0.25) is 4.79 Å². The molecule has 0 amide bonds. The van der Waals surface area contributed by atoms with E-state index < -0.39 is 17.0 Å². The normalized spacial score (nSPS) is 20.7. The Morgan fingerprint density at radius 1 is 1.40 bits per heavy atom. The molecule has 25 heavy (non-hydrogen) atoms. The lowest BCUT2D eigenvalue weighted by atomic mass is 9.96. The number of fused-ring (bicyclic) bond motifs is 1. The van der Waals surface area contributed by atoms with Crippen molar-refractivity contribution in [1.29, 1.82) is 0 Å². The van der Waals surface area contributed by atoms with Gasteiger partial charge in [-0.1, -0.05) is 11.4 Å². The van der Waals surface area contributed by atoms with Gasteiger partial charge in [0.2, 0.25) is 5.43 Å². The number of halogens is 1. The lowest BCUT2D eigenvalue weighted by molar-refractivity contribution is 0.0693. The van der Waals surface area contributed by atoms with Crippen LogP contribution in [-0.2, 0) is 0 Å². The fraction of sp³-hybridized carbons (Fsp3) is 0.412. The molecule has 1 aromatic heterocycles. The molecule has 2 atom stereocenters. The van der Waals surface area contributed by atoms with Crippen LogP contribution in [0.15, 0.2) is 23.1 Å². The van der Waals surface area contributed by atoms with Gasteiger partial charge in [0.05, 0.1) is 30.5 Å². The zero-order valence-electron chi connectivity index (χ0n) is 13.9. The fourth-order valence-corrected chi connectivity index (χ4v) is 3.29. The number of aliphatic hydroxyl groups excluding tert-OH is 1. The quantitative estimate of drug-likeness (QED) is 0.874. The van der Waals surface area contributed by atoms with Gasteiger partial charge in [0.15, 0.2) is 5.75 Å². The second kappa shape index (κ2) is 6.36. The Kier molecular flexibility index (Phi) is 4.38. The van der Waals surface area contributed by atoms with Crippen LogP contribution in [0.1, 0.15) is 23.7 Å². The van der Waals surface area contributed by atoms with E-state index in [1.807, 2.05) is 11.8 Å². The lowest BCUT2D eigenvalue weighted by Crippen LogP contribution is -2.42. The Morgan fingerprint density at radius 3 is 2.72 bits per heavy atom. The second-order valence-corrected chi connectivity index (χ2v) is 6.28. The molecule has 1 aliphatic heterocycles. The Bertz CT molecular complexity index is 895. The molecule has 134 valence electrons. The summed E-state index contributed by atoms with van der Waals surface area (Å²) < 4.78 is 19.9. The van der Waals surface area contributed by atoms with Crippen LogP contribution in [0.3, 0.4) is 0 Å². The van der Waals surface area contributed by atoms with E-state index >= 15 is 0 Å². The van der Waals surface area contributed by atoms with E-state index in [4.69, 9.17) is 9.84 Å². The highest BCUT2D eigenvalue weighted by atomic mass is 19.2. The van der Waals surface area contributed by atoms with Gasteiger partial charge in [-0.2, -0.15) is 4.79 Å². The third-order valence-corrected chi connectivity index (χ3v) is 4.69. The largest absolute Gasteiger partial charge is 0.492 e. The lowest BCUT2D eigenvalue weighted by Gasteiger charge is -2.36. The van der Waals surface area contributed by atoms with Crippen LogP contribution in [0.4, 0.5) is 10.2 Å². The molecule has 2 aromatic rings. The Balaban J connectivity index is 2.20. The summed E-state index contributed by atoms with van der Waals surface area (Å²) in [5.41, 5.74) is -0.903. The van der Waals surface area contributed by atoms with Gasteiger partial charge in [0, 0.05) is 13.1 Å². The molecular weight excluding hydrogens is 331 g/mol. The van der Waals surface area contributed by atoms with Gasteiger partial charge in [0.1, 0.15) is 11.1 Å². The van der Waals surface area contributed by atoms with Crippen molar-refractivity contribution in [3.05, 3.63) is 34.1 Å². The molecule has 1 fully saturated rings. The first kappa shape index (κ1) is 17.2. The van der Waals surface area contributed by atoms with E-state index in [0.717, 1.165) is 0 Å². The van der Waals surface area contributed by atoms with Crippen molar-refractivity contribution in [2.75, 3.05) is 25.1 Å². The molecule has 0 bridgehead atoms. The van der Waals surface area contributed by atoms with E-state index in [1.54, 1.807) is 6.07 Å². The number of carbonyl (C=O) groups is 1. The SMILES string of the molecule is COc1c(N2CCC(O)C(C)C2)ccc2c(=O)c(C(=O)O)cn(F)c12. The number of ether oxygens (including phenoxy) is 1. The third-order valence-electron chi connectivity index (χ3n) is 4.69. The molecule has 0 spiro atoms. The predicted octanol–water partition coefficient (Wildman–Crippen LogP) is 1.65. The minimum Gasteiger partial charge on any atom is -0.492 e. The summed E-state index contributed by atoms with van der Waals surface area (Å²) in [6.07, 6.45) is 0.838. The summed E-state index contributed by atoms with van der Waals surface area (Å²) in [6.45, 7) is 3.05. The number of aromatic carboxylic acids is 1. The van der Waals surface area contributed by atoms with E-state index in [-0.39, 0.29) is 33.5 Å². The number of benzene rings is 1. The van der Waals surface area contributed by atoms with Crippen molar-refractivity contribution in [1.82, 2.24) is 4.79 Å². The molecule has 0 aliphatic carbocycles. The summed E-state index contributed by atoms with van der Waals surface area (Å²) in [5.74, 6) is -1.28. The average Bonchev–Trinajstić information content (AvgIpc) is 2.59. The number of aliphatic hydroxyl groups is 1. The molecule has 2 heterocycles. The molecule has 1 aromatic carbocycles. The van der Waals surface area contributed by atoms with Crippen LogP contribution in [0.5, 0.6) is 5.75 Å². The number of carboxylic acids is 1. The minimum atomic E-state index is -1.49. The van der Waals surface area contributed by atoms with Gasteiger partial charge in [0.25, 0.3) is 0 Å². The fourth-order valence-electron chi connectivity index (χ4n) is 3.29. The first-order valence-electron chi connectivity index (χ1n) is 7.94. The molecule has 2 N–H and O–H groups in total. The zero-order chi connectivity index (χ0) is 18.3. The second-order valence-electron chi connectivity index (χ2n) is 6.28. The van der Waals surface area contributed by atoms with Crippen molar-refractivity contribution in [2.24, 2.45) is 5.92 Å². The number of anilines is 1. The third kappa shape index (κ3) is 2.82. The first-order valence-corrected chi connectivity index (χ1v) is 7.94. The average molecular weight is 350 g/mol. The molecule has 2 unspecified atom stereocenters. The van der Waals surface area contributed by atoms with Crippen molar-refractivity contribution in [3.8, 4) is 5.75 Å². The zero-order valence-corrected chi connectivity index (χ0v) is 13.9. The summed E-state index contributed by atoms with van der Waals surface area (Å²) in [7, 11) is 1.37. The number of carboxylic acid groups (broad SMARTS) is 1. The molecule has 0 saturated carbocycles. The summed E-state index contributed by atoms with van der Waals surface area (Å²) >= 11 is 0. The van der Waals surface area contributed by atoms with Crippen molar-refractivity contribution >= 4 is 22.6 Å². The summed E-state index contributed by atoms with van der Waals surface area (Å²) in [5, 5.41) is 18.9. The molecule has 1 saturated heterocycles. The van der Waals surface area contributed by atoms with Gasteiger partial charge in [-0.05, 0) is 24.5 Å². The van der Waals surface area contributed by atoms with E-state index in [0.29, 0.717) is 31.4 Å². The number of hydrogen-bond acceptors (Lipinski definition) is 5. The monoisotopic (exact) mass is 350 g/mol. The van der Waals surface area contributed by atoms with E-state index in [9.17, 15) is 19.2 Å². The first-order chi connectivity index (χ1) is 11.8. The van der Waals surface area contributed by atoms with Gasteiger partial charge < -0.3 is 19.8 Å². The molecule has 8 heteroatoms. The van der Waals surface area contributed by atoms with E-state index in [2.05, 4.69) is 0 Å². The van der Waals surface area contributed by atoms with Crippen molar-refractivity contribution in [3.63, 3.8) is 0 Å². The maximum Gasteiger partial charge on any atom is 0.341 e. The Labute approximate surface area is 142 Å². The maximum absolute atomic E-state index is 14.5. The number of piperidine rings is 1. The van der Waals surface area contributed by atoms with Gasteiger partial charge >= 0.3 is 5.97 Å². The van der Waals surface area contributed by atoms with Crippen molar-refractivity contribution in [2.45, 2.75) is 19.4 Å². The minimum absolute atomic E-state index is 0.0381. The maximum atomic E-state index is 14.5. The Hall–Kier alpha value is -2.61. The van der Waals surface area contributed by atoms with Crippen molar-refractivity contribution < 1.29 is 24.2 Å². The summed E-state index contributed by atoms with van der Waals surface area (Å²) in [6, 6.07) is 3.03. The topological polar surface area (TPSA) is 92.0 Å². The van der Waals surface area contributed by atoms with E-state index in [1.165, 1.54) is 13.2 Å². The van der Waals surface area contributed by atoms with Crippen LogP contribution in [0.2, 0.25) is 0 Å². The molecule has 7 nitrogen and oxygen atoms in total. The Morgan fingerprint density at radius 2 is 2.12 bits per heavy atom. The van der Waals surface area contributed by atoms with Crippen LogP contribution in [0, 0.1) is 5.92 Å². The smallest absolute Gasteiger partial charge is 0.341 e.